The number of rotatable bonds is 7. The predicted molar refractivity (Wildman–Crippen MR) is 316 cm³/mol. The van der Waals surface area contributed by atoms with E-state index in [-0.39, 0.29) is 16.8 Å². The summed E-state index contributed by atoms with van der Waals surface area (Å²) in [5.41, 5.74) is 22.8. The Morgan fingerprint density at radius 2 is 0.718 bits per heavy atom. The van der Waals surface area contributed by atoms with Crippen LogP contribution < -0.4 is 0 Å². The van der Waals surface area contributed by atoms with Crippen LogP contribution in [0.3, 0.4) is 0 Å². The fourth-order valence-corrected chi connectivity index (χ4v) is 12.1. The number of hydrogen-bond acceptors (Lipinski definition) is 1. The molecule has 12 aromatic rings. The quantitative estimate of drug-likeness (QED) is 0.147. The Kier molecular flexibility index (Phi) is 11.8. The molecule has 12 rings (SSSR count). The summed E-state index contributed by atoms with van der Waals surface area (Å²) >= 11 is 0. The van der Waals surface area contributed by atoms with E-state index in [9.17, 15) is 18.4 Å². The van der Waals surface area contributed by atoms with Crippen LogP contribution in [0.1, 0.15) is 55.6 Å². The molecule has 0 aliphatic rings. The van der Waals surface area contributed by atoms with Crippen molar-refractivity contribution in [1.82, 2.24) is 9.13 Å². The maximum Gasteiger partial charge on any atom is 0.416 e. The highest BCUT2D eigenvalue weighted by atomic mass is 19.4. The topological polar surface area (TPSA) is 38.0 Å². The molecule has 0 bridgehead atoms. The first kappa shape index (κ1) is 49.4. The molecule has 0 aliphatic heterocycles. The third kappa shape index (κ3) is 8.31. The minimum absolute atomic E-state index is 0.179. The van der Waals surface area contributed by atoms with Gasteiger partial charge in [-0.2, -0.15) is 18.4 Å². The third-order valence-electron chi connectivity index (χ3n) is 15.8. The van der Waals surface area contributed by atoms with E-state index in [1.54, 1.807) is 0 Å². The van der Waals surface area contributed by atoms with Crippen molar-refractivity contribution in [2.24, 2.45) is 0 Å². The largest absolute Gasteiger partial charge is 0.416 e. The van der Waals surface area contributed by atoms with Crippen LogP contribution in [0.5, 0.6) is 0 Å². The maximum atomic E-state index is 14.3. The average Bonchev–Trinajstić information content (AvgIpc) is 4.02. The lowest BCUT2D eigenvalue weighted by molar-refractivity contribution is -0.137. The monoisotopic (exact) mass is 1020 g/mol. The van der Waals surface area contributed by atoms with Gasteiger partial charge in [0.05, 0.1) is 57.2 Å². The van der Waals surface area contributed by atoms with Crippen molar-refractivity contribution in [3.05, 3.63) is 243 Å². The number of hydrogen-bond donors (Lipinski definition) is 0. The van der Waals surface area contributed by atoms with Gasteiger partial charge in [0, 0.05) is 21.5 Å². The molecule has 7 heteroatoms. The highest BCUT2D eigenvalue weighted by molar-refractivity contribution is 6.14. The zero-order valence-corrected chi connectivity index (χ0v) is 44.7. The van der Waals surface area contributed by atoms with Crippen molar-refractivity contribution < 1.29 is 13.2 Å². The zero-order valence-electron chi connectivity index (χ0n) is 44.7. The Labute approximate surface area is 452 Å². The Morgan fingerprint density at radius 1 is 0.385 bits per heavy atom. The molecule has 0 atom stereocenters. The number of aromatic nitrogens is 2. The predicted octanol–water partition coefficient (Wildman–Crippen LogP) is 20.1. The number of nitrogens with zero attached hydrogens (tertiary/aromatic N) is 4. The van der Waals surface area contributed by atoms with Crippen LogP contribution in [0.2, 0.25) is 0 Å². The summed E-state index contributed by atoms with van der Waals surface area (Å²) in [6.45, 7) is 25.8. The second kappa shape index (κ2) is 18.7. The van der Waals surface area contributed by atoms with E-state index in [1.165, 1.54) is 39.4 Å². The maximum absolute atomic E-state index is 14.3. The van der Waals surface area contributed by atoms with Crippen molar-refractivity contribution in [2.75, 3.05) is 0 Å². The van der Waals surface area contributed by atoms with E-state index in [0.717, 1.165) is 111 Å². The van der Waals surface area contributed by atoms with Crippen LogP contribution >= 0.6 is 0 Å². The average molecular weight is 1020 g/mol. The molecule has 0 spiro atoms. The summed E-state index contributed by atoms with van der Waals surface area (Å²) in [5.74, 6) is 0. The van der Waals surface area contributed by atoms with Crippen molar-refractivity contribution in [2.45, 2.75) is 61.6 Å². The van der Waals surface area contributed by atoms with Crippen LogP contribution in [-0.4, -0.2) is 9.13 Å². The molecule has 0 saturated carbocycles. The van der Waals surface area contributed by atoms with Crippen LogP contribution in [0.25, 0.3) is 115 Å². The molecule has 0 fully saturated rings. The van der Waals surface area contributed by atoms with E-state index >= 15 is 0 Å². The highest BCUT2D eigenvalue weighted by Crippen LogP contribution is 2.47. The van der Waals surface area contributed by atoms with Gasteiger partial charge in [0.15, 0.2) is 5.69 Å². The summed E-state index contributed by atoms with van der Waals surface area (Å²) in [4.78, 5) is 4.13. The molecular weight excluding hydrogens is 966 g/mol. The lowest BCUT2D eigenvalue weighted by Gasteiger charge is -2.20. The Hall–Kier alpha value is -9.43. The number of halogens is 3. The lowest BCUT2D eigenvalue weighted by atomic mass is 9.95. The SMILES string of the molecule is [C-]#[N+]c1cc(-n2c3ccc(-c4ccc(C)cc4C)cc3c3cc(-c4ccc(C)cc4C)ccc32)c(-n2c3ccc(-c4ccc(C)cc4C)cc3c3cc(-c4ccc(C)cc4C)ccc32)cc1-c1ccc(C(F)(F)F)cc1C#N. The standard InChI is InChI=1S/C71H53F3N4/c1-40-10-19-54(44(5)28-40)48-14-24-65-60(33-48)61-34-49(55-20-11-41(2)29-45(55)6)15-25-66(61)77(65)69-37-59(58-23-18-53(71(72,73)74)32-52(58)39-75)64(76-9)38-70(69)78-67-26-16-50(56-21-12-42(3)30-46(56)7)35-62(67)63-36-51(17-27-68(63)78)57-22-13-43(4)31-47(57)8/h10-38H,1-8H3. The summed E-state index contributed by atoms with van der Waals surface area (Å²) in [6.07, 6.45) is -4.68. The molecule has 10 aromatic carbocycles. The van der Waals surface area contributed by atoms with Crippen LogP contribution in [-0.2, 0) is 6.18 Å². The highest BCUT2D eigenvalue weighted by Gasteiger charge is 2.32. The fourth-order valence-electron chi connectivity index (χ4n) is 12.1. The molecular formula is C71H53F3N4. The van der Waals surface area contributed by atoms with Crippen molar-refractivity contribution >= 4 is 49.3 Å². The summed E-state index contributed by atoms with van der Waals surface area (Å²) in [6, 6.07) is 61.5. The second-order valence-corrected chi connectivity index (χ2v) is 21.2. The Balaban J connectivity index is 1.22. The third-order valence-corrected chi connectivity index (χ3v) is 15.8. The molecule has 4 nitrogen and oxygen atoms in total. The number of benzene rings is 10. The second-order valence-electron chi connectivity index (χ2n) is 21.2. The Morgan fingerprint density at radius 3 is 1.03 bits per heavy atom. The van der Waals surface area contributed by atoms with Gasteiger partial charge < -0.3 is 9.13 Å². The number of nitriles is 1. The summed E-state index contributed by atoms with van der Waals surface area (Å²) in [5, 5.41) is 14.6. The van der Waals surface area contributed by atoms with Crippen LogP contribution in [0.15, 0.2) is 176 Å². The number of aryl methyl sites for hydroxylation is 8. The minimum Gasteiger partial charge on any atom is -0.308 e. The summed E-state index contributed by atoms with van der Waals surface area (Å²) < 4.78 is 47.4. The lowest BCUT2D eigenvalue weighted by Crippen LogP contribution is -2.06. The molecule has 0 N–H and O–H groups in total. The van der Waals surface area contributed by atoms with Crippen LogP contribution in [0, 0.1) is 73.3 Å². The molecule has 0 aliphatic carbocycles. The van der Waals surface area contributed by atoms with Gasteiger partial charge in [-0.3, -0.25) is 0 Å². The first-order valence-corrected chi connectivity index (χ1v) is 26.1. The van der Waals surface area contributed by atoms with Crippen molar-refractivity contribution in [3.63, 3.8) is 0 Å². The van der Waals surface area contributed by atoms with Crippen molar-refractivity contribution in [3.8, 4) is 73.1 Å². The molecule has 2 aromatic heterocycles. The van der Waals surface area contributed by atoms with Crippen molar-refractivity contribution in [1.29, 1.82) is 5.26 Å². The first-order chi connectivity index (χ1) is 37.5. The number of alkyl halides is 3. The smallest absolute Gasteiger partial charge is 0.308 e. The van der Waals surface area contributed by atoms with E-state index in [4.69, 9.17) is 6.57 Å². The normalized spacial score (nSPS) is 11.8. The fraction of sp³-hybridized carbons (Fsp3) is 0.127. The van der Waals surface area contributed by atoms with Crippen LogP contribution in [0.4, 0.5) is 18.9 Å². The van der Waals surface area contributed by atoms with Gasteiger partial charge in [0.2, 0.25) is 0 Å². The molecule has 378 valence electrons. The van der Waals surface area contributed by atoms with Gasteiger partial charge in [-0.05, 0) is 206 Å². The molecule has 0 amide bonds. The van der Waals surface area contributed by atoms with Gasteiger partial charge >= 0.3 is 6.18 Å². The van der Waals surface area contributed by atoms with Gasteiger partial charge in [0.25, 0.3) is 0 Å². The molecule has 0 unspecified atom stereocenters. The number of fused-ring (bicyclic) bond motifs is 6. The van der Waals surface area contributed by atoms with Gasteiger partial charge in [-0.1, -0.05) is 125 Å². The van der Waals surface area contributed by atoms with E-state index in [2.05, 4.69) is 221 Å². The van der Waals surface area contributed by atoms with Gasteiger partial charge in [-0.15, -0.1) is 0 Å². The van der Waals surface area contributed by atoms with Gasteiger partial charge in [-0.25, -0.2) is 4.85 Å². The van der Waals surface area contributed by atoms with E-state index in [0.29, 0.717) is 16.9 Å². The zero-order chi connectivity index (χ0) is 54.5. The van der Waals surface area contributed by atoms with Gasteiger partial charge in [0.1, 0.15) is 0 Å². The minimum atomic E-state index is -4.68. The molecule has 2 heterocycles. The van der Waals surface area contributed by atoms with E-state index in [1.807, 2.05) is 12.1 Å². The summed E-state index contributed by atoms with van der Waals surface area (Å²) in [7, 11) is 0. The molecule has 78 heavy (non-hydrogen) atoms. The molecule has 0 saturated heterocycles. The molecule has 0 radical (unpaired) electrons. The van der Waals surface area contributed by atoms with E-state index < -0.39 is 11.7 Å². The Bertz CT molecular complexity index is 4390. The first-order valence-electron chi connectivity index (χ1n) is 26.1.